The van der Waals surface area contributed by atoms with Gasteiger partial charge in [0.05, 0.1) is 5.52 Å². The van der Waals surface area contributed by atoms with Crippen LogP contribution in [0, 0.1) is 13.8 Å². The van der Waals surface area contributed by atoms with Crippen molar-refractivity contribution < 1.29 is 0 Å². The Bertz CT molecular complexity index is 826. The van der Waals surface area contributed by atoms with E-state index in [2.05, 4.69) is 53.3 Å². The SMILES string of the molecule is C=CCn1cc(CC)c2cc(-c3cnc(C)nc3)cc(C)c21. The van der Waals surface area contributed by atoms with Crippen molar-refractivity contribution in [2.75, 3.05) is 0 Å². The zero-order valence-corrected chi connectivity index (χ0v) is 13.4. The maximum Gasteiger partial charge on any atom is 0.125 e. The van der Waals surface area contributed by atoms with Crippen molar-refractivity contribution in [1.29, 1.82) is 0 Å². The van der Waals surface area contributed by atoms with E-state index >= 15 is 0 Å². The summed E-state index contributed by atoms with van der Waals surface area (Å²) in [7, 11) is 0. The van der Waals surface area contributed by atoms with Crippen molar-refractivity contribution in [1.82, 2.24) is 14.5 Å². The van der Waals surface area contributed by atoms with Crippen molar-refractivity contribution in [3.05, 3.63) is 60.3 Å². The van der Waals surface area contributed by atoms with E-state index in [1.807, 2.05) is 25.4 Å². The first kappa shape index (κ1) is 14.5. The van der Waals surface area contributed by atoms with Crippen LogP contribution < -0.4 is 0 Å². The highest BCUT2D eigenvalue weighted by Gasteiger charge is 2.12. The third-order valence-corrected chi connectivity index (χ3v) is 4.07. The minimum Gasteiger partial charge on any atom is -0.343 e. The first-order valence-electron chi connectivity index (χ1n) is 7.66. The molecule has 0 aliphatic rings. The summed E-state index contributed by atoms with van der Waals surface area (Å²) in [4.78, 5) is 8.63. The van der Waals surface area contributed by atoms with E-state index < -0.39 is 0 Å². The molecule has 2 heterocycles. The lowest BCUT2D eigenvalue weighted by atomic mass is 10.0. The highest BCUT2D eigenvalue weighted by molar-refractivity contribution is 5.91. The zero-order valence-electron chi connectivity index (χ0n) is 13.4. The maximum absolute atomic E-state index is 4.31. The van der Waals surface area contributed by atoms with Gasteiger partial charge in [0.2, 0.25) is 0 Å². The molecule has 0 aliphatic carbocycles. The van der Waals surface area contributed by atoms with E-state index in [-0.39, 0.29) is 0 Å². The van der Waals surface area contributed by atoms with E-state index in [4.69, 9.17) is 0 Å². The Hall–Kier alpha value is -2.42. The minimum absolute atomic E-state index is 0.799. The number of aromatic nitrogens is 3. The average molecular weight is 291 g/mol. The molecule has 0 aliphatic heterocycles. The van der Waals surface area contributed by atoms with Crippen molar-refractivity contribution in [2.24, 2.45) is 0 Å². The van der Waals surface area contributed by atoms with Gasteiger partial charge in [0.15, 0.2) is 0 Å². The molecule has 0 bridgehead atoms. The van der Waals surface area contributed by atoms with Gasteiger partial charge in [-0.05, 0) is 49.1 Å². The molecule has 0 saturated carbocycles. The Kier molecular flexibility index (Phi) is 3.80. The summed E-state index contributed by atoms with van der Waals surface area (Å²) in [6.45, 7) is 11.0. The Balaban J connectivity index is 2.23. The first-order valence-corrected chi connectivity index (χ1v) is 7.66. The lowest BCUT2D eigenvalue weighted by Crippen LogP contribution is -1.94. The van der Waals surface area contributed by atoms with E-state index in [1.165, 1.54) is 27.6 Å². The van der Waals surface area contributed by atoms with Crippen LogP contribution in [0.4, 0.5) is 0 Å². The van der Waals surface area contributed by atoms with Crippen LogP contribution in [0.3, 0.4) is 0 Å². The normalized spacial score (nSPS) is 11.0. The summed E-state index contributed by atoms with van der Waals surface area (Å²) in [5.41, 5.74) is 6.18. The molecule has 3 rings (SSSR count). The molecule has 22 heavy (non-hydrogen) atoms. The van der Waals surface area contributed by atoms with Crippen molar-refractivity contribution in [2.45, 2.75) is 33.7 Å². The van der Waals surface area contributed by atoms with Crippen LogP contribution >= 0.6 is 0 Å². The van der Waals surface area contributed by atoms with Gasteiger partial charge in [-0.3, -0.25) is 0 Å². The molecule has 0 atom stereocenters. The topological polar surface area (TPSA) is 30.7 Å². The Labute approximate surface area is 131 Å². The fourth-order valence-electron chi connectivity index (χ4n) is 3.00. The summed E-state index contributed by atoms with van der Waals surface area (Å²) >= 11 is 0. The molecule has 0 spiro atoms. The molecule has 0 amide bonds. The molecule has 0 N–H and O–H groups in total. The fraction of sp³-hybridized carbons (Fsp3) is 0.263. The molecule has 0 saturated heterocycles. The average Bonchev–Trinajstić information content (AvgIpc) is 2.87. The number of benzene rings is 1. The van der Waals surface area contributed by atoms with Gasteiger partial charge in [0.1, 0.15) is 5.82 Å². The van der Waals surface area contributed by atoms with Crippen LogP contribution in [0.5, 0.6) is 0 Å². The van der Waals surface area contributed by atoms with E-state index in [0.717, 1.165) is 24.4 Å². The Morgan fingerprint density at radius 2 is 1.86 bits per heavy atom. The van der Waals surface area contributed by atoms with Gasteiger partial charge < -0.3 is 4.57 Å². The molecule has 3 heteroatoms. The molecule has 112 valence electrons. The summed E-state index contributed by atoms with van der Waals surface area (Å²) < 4.78 is 2.28. The third-order valence-electron chi connectivity index (χ3n) is 4.07. The lowest BCUT2D eigenvalue weighted by molar-refractivity contribution is 0.855. The van der Waals surface area contributed by atoms with Gasteiger partial charge in [0, 0.05) is 36.1 Å². The van der Waals surface area contributed by atoms with Gasteiger partial charge >= 0.3 is 0 Å². The molecular formula is C19H21N3. The van der Waals surface area contributed by atoms with Crippen LogP contribution in [0.1, 0.15) is 23.9 Å². The Morgan fingerprint density at radius 1 is 1.14 bits per heavy atom. The van der Waals surface area contributed by atoms with Gasteiger partial charge in [-0.2, -0.15) is 0 Å². The lowest BCUT2D eigenvalue weighted by Gasteiger charge is -2.08. The monoisotopic (exact) mass is 291 g/mol. The molecule has 3 nitrogen and oxygen atoms in total. The number of hydrogen-bond acceptors (Lipinski definition) is 2. The van der Waals surface area contributed by atoms with E-state index in [1.54, 1.807) is 0 Å². The van der Waals surface area contributed by atoms with E-state index in [0.29, 0.717) is 0 Å². The summed E-state index contributed by atoms with van der Waals surface area (Å²) in [5.74, 6) is 0.799. The van der Waals surface area contributed by atoms with Gasteiger partial charge in [-0.25, -0.2) is 9.97 Å². The summed E-state index contributed by atoms with van der Waals surface area (Å²) in [5, 5.41) is 1.32. The summed E-state index contributed by atoms with van der Waals surface area (Å²) in [6.07, 6.45) is 9.01. The third kappa shape index (κ3) is 2.43. The standard InChI is InChI=1S/C19H21N3/c1-5-7-22-12-15(6-2)18-9-16(8-13(3)19(18)22)17-10-20-14(4)21-11-17/h5,8-12H,1,6-7H2,2-4H3. The second-order valence-corrected chi connectivity index (χ2v) is 5.66. The largest absolute Gasteiger partial charge is 0.343 e. The first-order chi connectivity index (χ1) is 10.6. The van der Waals surface area contributed by atoms with Gasteiger partial charge in [-0.1, -0.05) is 13.0 Å². The second-order valence-electron chi connectivity index (χ2n) is 5.66. The molecule has 0 fully saturated rings. The van der Waals surface area contributed by atoms with Crippen LogP contribution in [-0.4, -0.2) is 14.5 Å². The van der Waals surface area contributed by atoms with Crippen LogP contribution in [-0.2, 0) is 13.0 Å². The molecule has 2 aromatic heterocycles. The smallest absolute Gasteiger partial charge is 0.125 e. The quantitative estimate of drug-likeness (QED) is 0.664. The van der Waals surface area contributed by atoms with Crippen molar-refractivity contribution in [3.63, 3.8) is 0 Å². The molecule has 0 unspecified atom stereocenters. The second kappa shape index (κ2) is 5.76. The minimum atomic E-state index is 0.799. The molecule has 0 radical (unpaired) electrons. The highest BCUT2D eigenvalue weighted by atomic mass is 15.0. The number of rotatable bonds is 4. The van der Waals surface area contributed by atoms with Crippen LogP contribution in [0.2, 0.25) is 0 Å². The van der Waals surface area contributed by atoms with Crippen molar-refractivity contribution in [3.8, 4) is 11.1 Å². The van der Waals surface area contributed by atoms with Crippen LogP contribution in [0.15, 0.2) is 43.4 Å². The Morgan fingerprint density at radius 3 is 2.50 bits per heavy atom. The van der Waals surface area contributed by atoms with E-state index in [9.17, 15) is 0 Å². The molecule has 1 aromatic carbocycles. The predicted octanol–water partition coefficient (Wildman–Crippen LogP) is 4.46. The highest BCUT2D eigenvalue weighted by Crippen LogP contribution is 2.31. The zero-order chi connectivity index (χ0) is 15.7. The molecule has 3 aromatic rings. The van der Waals surface area contributed by atoms with Gasteiger partial charge in [0.25, 0.3) is 0 Å². The number of aryl methyl sites for hydroxylation is 3. The summed E-state index contributed by atoms with van der Waals surface area (Å²) in [6, 6.07) is 4.48. The fourth-order valence-corrected chi connectivity index (χ4v) is 3.00. The number of hydrogen-bond donors (Lipinski definition) is 0. The number of fused-ring (bicyclic) bond motifs is 1. The number of nitrogens with zero attached hydrogens (tertiary/aromatic N) is 3. The van der Waals surface area contributed by atoms with Crippen LogP contribution in [0.25, 0.3) is 22.0 Å². The molecular weight excluding hydrogens is 270 g/mol. The maximum atomic E-state index is 4.31. The number of allylic oxidation sites excluding steroid dienone is 1. The predicted molar refractivity (Wildman–Crippen MR) is 92.0 cm³/mol. The van der Waals surface area contributed by atoms with Gasteiger partial charge in [-0.15, -0.1) is 6.58 Å². The van der Waals surface area contributed by atoms with Crippen molar-refractivity contribution >= 4 is 10.9 Å².